The molecule has 1 aliphatic rings. The van der Waals surface area contributed by atoms with Gasteiger partial charge in [-0.15, -0.1) is 0 Å². The van der Waals surface area contributed by atoms with E-state index in [-0.39, 0.29) is 6.04 Å². The summed E-state index contributed by atoms with van der Waals surface area (Å²) in [5.41, 5.74) is -0.349. The SMILES string of the molecule is CC(NC(=O)C1(C(=O)O)CCCC1)c1nccn1-c1ccccc1. The van der Waals surface area contributed by atoms with Crippen LogP contribution in [0.4, 0.5) is 0 Å². The molecular weight excluding hydrogens is 306 g/mol. The zero-order valence-corrected chi connectivity index (χ0v) is 13.6. The van der Waals surface area contributed by atoms with Crippen molar-refractivity contribution in [3.63, 3.8) is 0 Å². The van der Waals surface area contributed by atoms with Gasteiger partial charge in [0.2, 0.25) is 5.91 Å². The van der Waals surface area contributed by atoms with Crippen molar-refractivity contribution < 1.29 is 14.7 Å². The Balaban J connectivity index is 1.81. The van der Waals surface area contributed by atoms with Crippen LogP contribution < -0.4 is 5.32 Å². The molecule has 1 aromatic carbocycles. The van der Waals surface area contributed by atoms with Crippen LogP contribution in [0, 0.1) is 5.41 Å². The van der Waals surface area contributed by atoms with E-state index in [1.165, 1.54) is 0 Å². The lowest BCUT2D eigenvalue weighted by Crippen LogP contribution is -2.45. The third-order valence-electron chi connectivity index (χ3n) is 4.74. The summed E-state index contributed by atoms with van der Waals surface area (Å²) in [4.78, 5) is 28.6. The van der Waals surface area contributed by atoms with Crippen LogP contribution in [-0.4, -0.2) is 26.5 Å². The predicted molar refractivity (Wildman–Crippen MR) is 88.7 cm³/mol. The highest BCUT2D eigenvalue weighted by Gasteiger charge is 2.48. The highest BCUT2D eigenvalue weighted by Crippen LogP contribution is 2.39. The molecule has 3 rings (SSSR count). The highest BCUT2D eigenvalue weighted by molar-refractivity contribution is 6.02. The van der Waals surface area contributed by atoms with Gasteiger partial charge in [0.05, 0.1) is 6.04 Å². The lowest BCUT2D eigenvalue weighted by Gasteiger charge is -2.25. The molecule has 0 saturated heterocycles. The Hall–Kier alpha value is -2.63. The van der Waals surface area contributed by atoms with Crippen LogP contribution in [0.5, 0.6) is 0 Å². The average molecular weight is 327 g/mol. The zero-order chi connectivity index (χ0) is 17.2. The van der Waals surface area contributed by atoms with E-state index in [1.807, 2.05) is 48.0 Å². The third-order valence-corrected chi connectivity index (χ3v) is 4.74. The van der Waals surface area contributed by atoms with Gasteiger partial charge in [0.25, 0.3) is 0 Å². The van der Waals surface area contributed by atoms with E-state index in [0.29, 0.717) is 18.7 Å². The Morgan fingerprint density at radius 3 is 2.54 bits per heavy atom. The van der Waals surface area contributed by atoms with Crippen LogP contribution in [0.25, 0.3) is 5.69 Å². The van der Waals surface area contributed by atoms with Crippen molar-refractivity contribution in [3.05, 3.63) is 48.5 Å². The van der Waals surface area contributed by atoms with Gasteiger partial charge < -0.3 is 15.0 Å². The molecule has 2 N–H and O–H groups in total. The molecule has 1 fully saturated rings. The number of carbonyl (C=O) groups excluding carboxylic acids is 1. The fraction of sp³-hybridized carbons (Fsp3) is 0.389. The van der Waals surface area contributed by atoms with Crippen LogP contribution in [-0.2, 0) is 9.59 Å². The molecule has 24 heavy (non-hydrogen) atoms. The molecule has 1 aliphatic carbocycles. The predicted octanol–water partition coefficient (Wildman–Crippen LogP) is 2.69. The average Bonchev–Trinajstić information content (AvgIpc) is 3.25. The second-order valence-corrected chi connectivity index (χ2v) is 6.28. The van der Waals surface area contributed by atoms with E-state index in [2.05, 4.69) is 10.3 Å². The summed E-state index contributed by atoms with van der Waals surface area (Å²) in [6.45, 7) is 1.82. The third kappa shape index (κ3) is 2.79. The molecule has 1 atom stereocenters. The van der Waals surface area contributed by atoms with Crippen molar-refractivity contribution in [2.75, 3.05) is 0 Å². The number of hydrogen-bond acceptors (Lipinski definition) is 3. The minimum absolute atomic E-state index is 0.385. The molecule has 1 amide bonds. The van der Waals surface area contributed by atoms with Gasteiger partial charge >= 0.3 is 5.97 Å². The van der Waals surface area contributed by atoms with Gasteiger partial charge in [0.15, 0.2) is 0 Å². The molecule has 1 unspecified atom stereocenters. The number of hydrogen-bond donors (Lipinski definition) is 2. The van der Waals surface area contributed by atoms with Crippen LogP contribution >= 0.6 is 0 Å². The normalized spacial score (nSPS) is 17.4. The maximum Gasteiger partial charge on any atom is 0.319 e. The number of aliphatic carboxylic acids is 1. The van der Waals surface area contributed by atoms with Crippen LogP contribution in [0.2, 0.25) is 0 Å². The summed E-state index contributed by atoms with van der Waals surface area (Å²) in [6, 6.07) is 9.32. The number of aromatic nitrogens is 2. The fourth-order valence-corrected chi connectivity index (χ4v) is 3.36. The maximum absolute atomic E-state index is 12.6. The summed E-state index contributed by atoms with van der Waals surface area (Å²) in [6.07, 6.45) is 5.84. The summed E-state index contributed by atoms with van der Waals surface area (Å²) in [5.74, 6) is -0.771. The van der Waals surface area contributed by atoms with E-state index in [0.717, 1.165) is 18.5 Å². The number of nitrogens with zero attached hydrogens (tertiary/aromatic N) is 2. The number of carboxylic acids is 1. The lowest BCUT2D eigenvalue weighted by molar-refractivity contribution is -0.155. The number of amides is 1. The number of carboxylic acid groups (broad SMARTS) is 1. The Kier molecular flexibility index (Phi) is 4.38. The van der Waals surface area contributed by atoms with Gasteiger partial charge in [0.1, 0.15) is 11.2 Å². The van der Waals surface area contributed by atoms with Gasteiger partial charge in [-0.25, -0.2) is 4.98 Å². The molecule has 1 heterocycles. The van der Waals surface area contributed by atoms with Crippen molar-refractivity contribution >= 4 is 11.9 Å². The van der Waals surface area contributed by atoms with Gasteiger partial charge in [-0.2, -0.15) is 0 Å². The quantitative estimate of drug-likeness (QED) is 0.827. The van der Waals surface area contributed by atoms with Gasteiger partial charge in [-0.3, -0.25) is 9.59 Å². The monoisotopic (exact) mass is 327 g/mol. The largest absolute Gasteiger partial charge is 0.480 e. The zero-order valence-electron chi connectivity index (χ0n) is 13.6. The smallest absolute Gasteiger partial charge is 0.319 e. The van der Waals surface area contributed by atoms with Gasteiger partial charge in [-0.1, -0.05) is 31.0 Å². The standard InChI is InChI=1S/C18H21N3O3/c1-13(20-16(22)18(17(23)24)9-5-6-10-18)15-19-11-12-21(15)14-7-3-2-4-8-14/h2-4,7-8,11-13H,5-6,9-10H2,1H3,(H,20,22)(H,23,24). The van der Waals surface area contributed by atoms with E-state index < -0.39 is 17.3 Å². The minimum atomic E-state index is -1.29. The summed E-state index contributed by atoms with van der Waals surface area (Å²) < 4.78 is 1.90. The maximum atomic E-state index is 12.6. The first-order valence-corrected chi connectivity index (χ1v) is 8.17. The first-order valence-electron chi connectivity index (χ1n) is 8.17. The molecule has 6 heteroatoms. The molecule has 126 valence electrons. The lowest BCUT2D eigenvalue weighted by atomic mass is 9.85. The Morgan fingerprint density at radius 1 is 1.25 bits per heavy atom. The van der Waals surface area contributed by atoms with Crippen LogP contribution in [0.1, 0.15) is 44.5 Å². The molecule has 2 aromatic rings. The number of para-hydroxylation sites is 1. The van der Waals surface area contributed by atoms with Gasteiger partial charge in [-0.05, 0) is 31.9 Å². The summed E-state index contributed by atoms with van der Waals surface area (Å²) >= 11 is 0. The second kappa shape index (κ2) is 6.47. The highest BCUT2D eigenvalue weighted by atomic mass is 16.4. The van der Waals surface area contributed by atoms with Crippen LogP contribution in [0.15, 0.2) is 42.7 Å². The number of nitrogens with one attached hydrogen (secondary N) is 1. The van der Waals surface area contributed by atoms with E-state index in [4.69, 9.17) is 0 Å². The first-order chi connectivity index (χ1) is 11.5. The second-order valence-electron chi connectivity index (χ2n) is 6.28. The molecular formula is C18H21N3O3. The molecule has 0 radical (unpaired) electrons. The van der Waals surface area contributed by atoms with Crippen molar-refractivity contribution in [2.45, 2.75) is 38.6 Å². The molecule has 1 saturated carbocycles. The van der Waals surface area contributed by atoms with E-state index >= 15 is 0 Å². The van der Waals surface area contributed by atoms with E-state index in [9.17, 15) is 14.7 Å². The Bertz CT molecular complexity index is 733. The van der Waals surface area contributed by atoms with Crippen molar-refractivity contribution in [1.29, 1.82) is 0 Å². The summed E-state index contributed by atoms with van der Waals surface area (Å²) in [5, 5.41) is 12.4. The topological polar surface area (TPSA) is 84.2 Å². The number of rotatable bonds is 5. The van der Waals surface area contributed by atoms with Crippen molar-refractivity contribution in [3.8, 4) is 5.69 Å². The van der Waals surface area contributed by atoms with E-state index in [1.54, 1.807) is 6.20 Å². The number of benzene rings is 1. The Morgan fingerprint density at radius 2 is 1.92 bits per heavy atom. The molecule has 0 aliphatic heterocycles. The molecule has 0 spiro atoms. The van der Waals surface area contributed by atoms with Crippen molar-refractivity contribution in [2.24, 2.45) is 5.41 Å². The van der Waals surface area contributed by atoms with Crippen LogP contribution in [0.3, 0.4) is 0 Å². The minimum Gasteiger partial charge on any atom is -0.480 e. The number of imidazole rings is 1. The van der Waals surface area contributed by atoms with Gasteiger partial charge in [0, 0.05) is 18.1 Å². The fourth-order valence-electron chi connectivity index (χ4n) is 3.36. The first kappa shape index (κ1) is 16.2. The van der Waals surface area contributed by atoms with Crippen molar-refractivity contribution in [1.82, 2.24) is 14.9 Å². The Labute approximate surface area is 140 Å². The molecule has 1 aromatic heterocycles. The summed E-state index contributed by atoms with van der Waals surface area (Å²) in [7, 11) is 0. The molecule has 6 nitrogen and oxygen atoms in total. The molecule has 0 bridgehead atoms. The number of carbonyl (C=O) groups is 2.